The Balaban J connectivity index is 3.12. The lowest BCUT2D eigenvalue weighted by atomic mass is 9.86. The van der Waals surface area contributed by atoms with Gasteiger partial charge in [-0.25, -0.2) is 0 Å². The third kappa shape index (κ3) is 3.19. The maximum Gasteiger partial charge on any atom is 0.106 e. The van der Waals surface area contributed by atoms with Crippen LogP contribution in [0.25, 0.3) is 0 Å². The molecule has 2 N–H and O–H groups in total. The van der Waals surface area contributed by atoms with Crippen LogP contribution in [0.3, 0.4) is 0 Å². The Labute approximate surface area is 110 Å². The lowest BCUT2D eigenvalue weighted by molar-refractivity contribution is 0.329. The van der Waals surface area contributed by atoms with Crippen molar-refractivity contribution in [1.29, 1.82) is 0 Å². The van der Waals surface area contributed by atoms with E-state index in [1.165, 1.54) is 0 Å². The van der Waals surface area contributed by atoms with E-state index in [2.05, 4.69) is 45.7 Å². The molecule has 0 heterocycles. The summed E-state index contributed by atoms with van der Waals surface area (Å²) in [6, 6.07) is 8.43. The van der Waals surface area contributed by atoms with Crippen LogP contribution in [-0.4, -0.2) is 18.1 Å². The van der Waals surface area contributed by atoms with Crippen molar-refractivity contribution in [3.8, 4) is 0 Å². The summed E-state index contributed by atoms with van der Waals surface area (Å²) in [5.41, 5.74) is 8.02. The van der Waals surface area contributed by atoms with Gasteiger partial charge in [0.15, 0.2) is 0 Å². The molecule has 1 aromatic rings. The molecule has 94 valence electrons. The van der Waals surface area contributed by atoms with E-state index in [1.54, 1.807) is 0 Å². The number of nitrogens with two attached hydrogens (primary N) is 1. The Morgan fingerprint density at radius 3 is 2.29 bits per heavy atom. The molecule has 0 spiro atoms. The van der Waals surface area contributed by atoms with Gasteiger partial charge in [0.25, 0.3) is 0 Å². The van der Waals surface area contributed by atoms with Crippen LogP contribution in [-0.2, 0) is 0 Å². The van der Waals surface area contributed by atoms with E-state index in [0.717, 1.165) is 11.3 Å². The fourth-order valence-corrected chi connectivity index (χ4v) is 1.95. The van der Waals surface area contributed by atoms with Gasteiger partial charge in [0.1, 0.15) is 4.99 Å². The first kappa shape index (κ1) is 14.0. The molecule has 3 heteroatoms. The number of benzene rings is 1. The van der Waals surface area contributed by atoms with Crippen LogP contribution >= 0.6 is 12.2 Å². The Bertz CT molecular complexity index is 407. The molecule has 1 unspecified atom stereocenters. The third-order valence-corrected chi connectivity index (χ3v) is 3.60. The van der Waals surface area contributed by atoms with E-state index >= 15 is 0 Å². The molecule has 0 aliphatic heterocycles. The molecule has 1 rings (SSSR count). The van der Waals surface area contributed by atoms with Gasteiger partial charge in [-0.05, 0) is 24.5 Å². The fourth-order valence-electron chi connectivity index (χ4n) is 1.78. The summed E-state index contributed by atoms with van der Waals surface area (Å²) in [5.74, 6) is 0. The second-order valence-corrected chi connectivity index (χ2v) is 5.97. The SMILES string of the molecule is CC(N(C)c1ccccc1C(N)=S)C(C)(C)C. The second-order valence-electron chi connectivity index (χ2n) is 5.53. The molecule has 17 heavy (non-hydrogen) atoms. The van der Waals surface area contributed by atoms with E-state index in [-0.39, 0.29) is 5.41 Å². The van der Waals surface area contributed by atoms with Crippen molar-refractivity contribution in [3.05, 3.63) is 29.8 Å². The highest BCUT2D eigenvalue weighted by molar-refractivity contribution is 7.80. The summed E-state index contributed by atoms with van der Waals surface area (Å²) >= 11 is 5.10. The van der Waals surface area contributed by atoms with Gasteiger partial charge < -0.3 is 10.6 Å². The second kappa shape index (κ2) is 5.05. The Morgan fingerprint density at radius 2 is 1.82 bits per heavy atom. The Morgan fingerprint density at radius 1 is 1.29 bits per heavy atom. The molecular weight excluding hydrogens is 228 g/mol. The molecule has 0 aliphatic rings. The molecule has 0 saturated carbocycles. The Kier molecular flexibility index (Phi) is 4.15. The third-order valence-electron chi connectivity index (χ3n) is 3.38. The zero-order valence-corrected chi connectivity index (χ0v) is 12.1. The standard InChI is InChI=1S/C14H22N2S/c1-10(14(2,3)4)16(5)12-9-7-6-8-11(12)13(15)17/h6-10H,1-5H3,(H2,15,17). The first-order valence-electron chi connectivity index (χ1n) is 5.87. The number of hydrogen-bond acceptors (Lipinski definition) is 2. The van der Waals surface area contributed by atoms with Gasteiger partial charge in [0, 0.05) is 24.3 Å². The highest BCUT2D eigenvalue weighted by Crippen LogP contribution is 2.29. The molecule has 2 nitrogen and oxygen atoms in total. The summed E-state index contributed by atoms with van der Waals surface area (Å²) in [5, 5.41) is 0. The van der Waals surface area contributed by atoms with Gasteiger partial charge in [-0.15, -0.1) is 0 Å². The molecule has 0 fully saturated rings. The van der Waals surface area contributed by atoms with Gasteiger partial charge in [-0.1, -0.05) is 45.1 Å². The molecule has 0 bridgehead atoms. The first-order valence-corrected chi connectivity index (χ1v) is 6.27. The molecule has 1 atom stereocenters. The van der Waals surface area contributed by atoms with Crippen molar-refractivity contribution in [2.24, 2.45) is 11.1 Å². The van der Waals surface area contributed by atoms with Crippen molar-refractivity contribution in [2.45, 2.75) is 33.7 Å². The van der Waals surface area contributed by atoms with Crippen molar-refractivity contribution in [3.63, 3.8) is 0 Å². The van der Waals surface area contributed by atoms with Crippen LogP contribution in [0, 0.1) is 5.41 Å². The summed E-state index contributed by atoms with van der Waals surface area (Å²) in [4.78, 5) is 2.70. The summed E-state index contributed by atoms with van der Waals surface area (Å²) in [6.45, 7) is 8.92. The lowest BCUT2D eigenvalue weighted by Crippen LogP contribution is -2.40. The predicted molar refractivity (Wildman–Crippen MR) is 79.6 cm³/mol. The molecule has 0 aliphatic carbocycles. The summed E-state index contributed by atoms with van der Waals surface area (Å²) < 4.78 is 0. The molecule has 0 amide bonds. The zero-order chi connectivity index (χ0) is 13.2. The van der Waals surface area contributed by atoms with Gasteiger partial charge in [0.05, 0.1) is 0 Å². The van der Waals surface area contributed by atoms with Crippen molar-refractivity contribution < 1.29 is 0 Å². The number of hydrogen-bond donors (Lipinski definition) is 1. The van der Waals surface area contributed by atoms with E-state index in [4.69, 9.17) is 18.0 Å². The Hall–Kier alpha value is -1.09. The quantitative estimate of drug-likeness (QED) is 0.835. The number of thiocarbonyl (C=S) groups is 1. The largest absolute Gasteiger partial charge is 0.389 e. The fraction of sp³-hybridized carbons (Fsp3) is 0.500. The van der Waals surface area contributed by atoms with Gasteiger partial charge in [-0.2, -0.15) is 0 Å². The van der Waals surface area contributed by atoms with Gasteiger partial charge >= 0.3 is 0 Å². The minimum atomic E-state index is 0.206. The molecule has 0 saturated heterocycles. The first-order chi connectivity index (χ1) is 7.75. The van der Waals surface area contributed by atoms with Crippen LogP contribution in [0.15, 0.2) is 24.3 Å². The minimum absolute atomic E-state index is 0.206. The van der Waals surface area contributed by atoms with Gasteiger partial charge in [0.2, 0.25) is 0 Å². The van der Waals surface area contributed by atoms with Crippen LogP contribution < -0.4 is 10.6 Å². The van der Waals surface area contributed by atoms with E-state index in [0.29, 0.717) is 11.0 Å². The smallest absolute Gasteiger partial charge is 0.106 e. The highest BCUT2D eigenvalue weighted by Gasteiger charge is 2.25. The zero-order valence-electron chi connectivity index (χ0n) is 11.3. The molecule has 0 radical (unpaired) electrons. The van der Waals surface area contributed by atoms with Crippen LogP contribution in [0.5, 0.6) is 0 Å². The van der Waals surface area contributed by atoms with Crippen LogP contribution in [0.4, 0.5) is 5.69 Å². The van der Waals surface area contributed by atoms with E-state index in [1.807, 2.05) is 18.2 Å². The predicted octanol–water partition coefficient (Wildman–Crippen LogP) is 3.19. The molecule has 0 aromatic heterocycles. The monoisotopic (exact) mass is 250 g/mol. The summed E-state index contributed by atoms with van der Waals surface area (Å²) in [7, 11) is 2.09. The molecule has 1 aromatic carbocycles. The van der Waals surface area contributed by atoms with E-state index < -0.39 is 0 Å². The van der Waals surface area contributed by atoms with Crippen molar-refractivity contribution in [2.75, 3.05) is 11.9 Å². The average molecular weight is 250 g/mol. The number of para-hydroxylation sites is 1. The summed E-state index contributed by atoms with van der Waals surface area (Å²) in [6.07, 6.45) is 0. The van der Waals surface area contributed by atoms with Crippen LogP contribution in [0.1, 0.15) is 33.3 Å². The van der Waals surface area contributed by atoms with E-state index in [9.17, 15) is 0 Å². The number of rotatable bonds is 3. The van der Waals surface area contributed by atoms with Crippen LogP contribution in [0.2, 0.25) is 0 Å². The average Bonchev–Trinajstić information content (AvgIpc) is 2.25. The molecular formula is C14H22N2S. The van der Waals surface area contributed by atoms with Crippen molar-refractivity contribution in [1.82, 2.24) is 0 Å². The van der Waals surface area contributed by atoms with Crippen molar-refractivity contribution >= 4 is 22.9 Å². The normalized spacial score (nSPS) is 13.2. The number of nitrogens with zero attached hydrogens (tertiary/aromatic N) is 1. The highest BCUT2D eigenvalue weighted by atomic mass is 32.1. The maximum absolute atomic E-state index is 5.77. The lowest BCUT2D eigenvalue weighted by Gasteiger charge is -2.37. The van der Waals surface area contributed by atoms with Gasteiger partial charge in [-0.3, -0.25) is 0 Å². The minimum Gasteiger partial charge on any atom is -0.389 e. The maximum atomic E-state index is 5.77. The topological polar surface area (TPSA) is 29.3 Å². The number of anilines is 1.